The van der Waals surface area contributed by atoms with Crippen molar-refractivity contribution in [2.24, 2.45) is 0 Å². The van der Waals surface area contributed by atoms with Crippen LogP contribution < -0.4 is 20.9 Å². The number of fused-ring (bicyclic) bond motifs is 2. The minimum absolute atomic E-state index is 0.0384. The normalized spacial score (nSPS) is 18.5. The Morgan fingerprint density at radius 2 is 1.79 bits per heavy atom. The lowest BCUT2D eigenvalue weighted by molar-refractivity contribution is -0.120. The van der Waals surface area contributed by atoms with E-state index in [1.54, 1.807) is 0 Å². The first-order valence-corrected chi connectivity index (χ1v) is 13.4. The number of carbonyl (C=O) groups excluding carboxylic acids is 3. The van der Waals surface area contributed by atoms with Crippen LogP contribution in [-0.4, -0.2) is 48.2 Å². The fraction of sp³-hybridized carbons (Fsp3) is 0.241. The molecule has 2 heterocycles. The molecule has 13 heteroatoms. The fourth-order valence-corrected chi connectivity index (χ4v) is 5.35. The molecule has 0 radical (unpaired) electrons. The number of nitrogens with one attached hydrogen (secondary N) is 3. The molecule has 0 aliphatic carbocycles. The lowest BCUT2D eigenvalue weighted by atomic mass is 9.83. The lowest BCUT2D eigenvalue weighted by Crippen LogP contribution is -2.58. The second-order valence-corrected chi connectivity index (χ2v) is 10.3. The largest absolute Gasteiger partial charge is 0.465 e. The molecule has 218 valence electrons. The monoisotopic (exact) mass is 598 g/mol. The number of hydrogen-bond acceptors (Lipinski definition) is 6. The number of carbonyl (C=O) groups is 4. The molecule has 0 bridgehead atoms. The Kier molecular flexibility index (Phi) is 8.10. The van der Waals surface area contributed by atoms with Gasteiger partial charge in [0.2, 0.25) is 0 Å². The zero-order valence-electron chi connectivity index (χ0n) is 22.0. The molecule has 1 saturated heterocycles. The highest BCUT2D eigenvalue weighted by atomic mass is 35.5. The van der Waals surface area contributed by atoms with E-state index in [1.165, 1.54) is 60.7 Å². The van der Waals surface area contributed by atoms with Gasteiger partial charge in [0, 0.05) is 24.2 Å². The van der Waals surface area contributed by atoms with Gasteiger partial charge in [-0.3, -0.25) is 14.9 Å². The maximum absolute atomic E-state index is 15.6. The molecule has 1 spiro atoms. The first-order chi connectivity index (χ1) is 20.1. The Morgan fingerprint density at radius 3 is 2.43 bits per heavy atom. The van der Waals surface area contributed by atoms with Gasteiger partial charge in [-0.25, -0.2) is 23.3 Å². The number of halogens is 3. The van der Waals surface area contributed by atoms with Gasteiger partial charge in [0.1, 0.15) is 11.9 Å². The van der Waals surface area contributed by atoms with E-state index in [0.717, 1.165) is 0 Å². The van der Waals surface area contributed by atoms with Crippen LogP contribution in [0.5, 0.6) is 0 Å². The van der Waals surface area contributed by atoms with Gasteiger partial charge in [0.05, 0.1) is 16.3 Å². The van der Waals surface area contributed by atoms with Crippen molar-refractivity contribution in [2.75, 3.05) is 23.3 Å². The molecule has 42 heavy (non-hydrogen) atoms. The highest BCUT2D eigenvalue weighted by Gasteiger charge is 2.50. The Labute approximate surface area is 243 Å². The van der Waals surface area contributed by atoms with Crippen LogP contribution in [0.15, 0.2) is 60.7 Å². The second-order valence-electron chi connectivity index (χ2n) is 9.94. The maximum Gasteiger partial charge on any atom is 0.422 e. The van der Waals surface area contributed by atoms with Crippen LogP contribution in [0.2, 0.25) is 5.02 Å². The molecular weight excluding hydrogens is 574 g/mol. The summed E-state index contributed by atoms with van der Waals surface area (Å²) in [7, 11) is 0. The van der Waals surface area contributed by atoms with E-state index in [4.69, 9.17) is 21.4 Å². The predicted octanol–water partition coefficient (Wildman–Crippen LogP) is 4.81. The molecule has 2 aliphatic heterocycles. The summed E-state index contributed by atoms with van der Waals surface area (Å²) in [6.45, 7) is 0.756. The van der Waals surface area contributed by atoms with Crippen molar-refractivity contribution in [1.29, 1.82) is 0 Å². The molecule has 4 N–H and O–H groups in total. The van der Waals surface area contributed by atoms with Crippen molar-refractivity contribution in [1.82, 2.24) is 10.6 Å². The van der Waals surface area contributed by atoms with E-state index in [1.807, 2.05) is 0 Å². The summed E-state index contributed by atoms with van der Waals surface area (Å²) in [5, 5.41) is 16.5. The van der Waals surface area contributed by atoms with Crippen molar-refractivity contribution in [3.05, 3.63) is 94.0 Å². The third-order valence-electron chi connectivity index (χ3n) is 7.15. The smallest absolute Gasteiger partial charge is 0.422 e. The Bertz CT molecular complexity index is 1540. The number of benzene rings is 3. The molecular formula is C29H25ClF2N4O6. The number of hydrogen-bond donors (Lipinski definition) is 4. The van der Waals surface area contributed by atoms with Gasteiger partial charge in [0.25, 0.3) is 11.8 Å². The van der Waals surface area contributed by atoms with Gasteiger partial charge >= 0.3 is 12.2 Å². The first kappa shape index (κ1) is 29.0. The molecule has 3 aromatic rings. The van der Waals surface area contributed by atoms with Crippen LogP contribution in [0.25, 0.3) is 0 Å². The van der Waals surface area contributed by atoms with E-state index >= 15 is 4.39 Å². The number of rotatable bonds is 6. The average molecular weight is 599 g/mol. The number of imide groups is 1. The van der Waals surface area contributed by atoms with Crippen LogP contribution >= 0.6 is 11.6 Å². The molecule has 5 rings (SSSR count). The van der Waals surface area contributed by atoms with E-state index < -0.39 is 47.3 Å². The summed E-state index contributed by atoms with van der Waals surface area (Å²) < 4.78 is 34.9. The summed E-state index contributed by atoms with van der Waals surface area (Å²) in [6, 6.07) is 11.9. The highest BCUT2D eigenvalue weighted by molar-refractivity contribution is 6.31. The summed E-state index contributed by atoms with van der Waals surface area (Å²) in [4.78, 5) is 52.2. The van der Waals surface area contributed by atoms with Crippen molar-refractivity contribution in [3.8, 4) is 0 Å². The molecule has 0 unspecified atom stereocenters. The summed E-state index contributed by atoms with van der Waals surface area (Å²) in [5.41, 5.74) is -0.686. The lowest BCUT2D eigenvalue weighted by Gasteiger charge is -2.44. The number of amides is 4. The molecule has 4 amide bonds. The van der Waals surface area contributed by atoms with Crippen LogP contribution in [0.1, 0.15) is 34.3 Å². The first-order valence-electron chi connectivity index (χ1n) is 13.0. The molecule has 2 aliphatic rings. The van der Waals surface area contributed by atoms with Crippen molar-refractivity contribution < 1.29 is 37.8 Å². The zero-order chi connectivity index (χ0) is 30.0. The van der Waals surface area contributed by atoms with Crippen LogP contribution in [-0.2, 0) is 21.6 Å². The number of ether oxygens (including phenoxy) is 1. The molecule has 10 nitrogen and oxygen atoms in total. The third-order valence-corrected chi connectivity index (χ3v) is 7.45. The highest BCUT2D eigenvalue weighted by Crippen LogP contribution is 2.46. The minimum atomic E-state index is -1.38. The molecule has 0 saturated carbocycles. The topological polar surface area (TPSA) is 137 Å². The van der Waals surface area contributed by atoms with Gasteiger partial charge in [0.15, 0.2) is 11.4 Å². The number of piperidine rings is 1. The zero-order valence-corrected chi connectivity index (χ0v) is 22.7. The Balaban J connectivity index is 1.50. The Morgan fingerprint density at radius 1 is 1.07 bits per heavy atom. The molecule has 2 atom stereocenters. The van der Waals surface area contributed by atoms with Gasteiger partial charge in [-0.1, -0.05) is 23.7 Å². The van der Waals surface area contributed by atoms with Gasteiger partial charge in [-0.2, -0.15) is 0 Å². The van der Waals surface area contributed by atoms with Gasteiger partial charge in [-0.05, 0) is 73.5 Å². The predicted molar refractivity (Wildman–Crippen MR) is 149 cm³/mol. The molecule has 3 aromatic carbocycles. The minimum Gasteiger partial charge on any atom is -0.465 e. The van der Waals surface area contributed by atoms with E-state index in [9.17, 15) is 23.6 Å². The van der Waals surface area contributed by atoms with E-state index in [2.05, 4.69) is 16.0 Å². The fourth-order valence-electron chi connectivity index (χ4n) is 5.19. The standard InChI is InChI=1S/C29H25ClF2N4O6/c30-20-10-11-22-23(24(20)32)29(12-1-13-33-15-29)42-28(41)36(22)26(38)21(14-16-2-6-18(31)7-3-16)35-25(37)17-4-8-19(9-5-17)34-27(39)40/h2-11,21,33-34H,1,12-15H2,(H,35,37)(H,39,40)/t21-,29-/m0/s1. The Hall–Kier alpha value is -4.55. The average Bonchev–Trinajstić information content (AvgIpc) is 2.96. The summed E-state index contributed by atoms with van der Waals surface area (Å²) >= 11 is 6.11. The van der Waals surface area contributed by atoms with Crippen LogP contribution in [0.3, 0.4) is 0 Å². The molecule has 0 aromatic heterocycles. The quantitative estimate of drug-likeness (QED) is 0.319. The molecule has 1 fully saturated rings. The van der Waals surface area contributed by atoms with E-state index in [-0.39, 0.29) is 40.5 Å². The van der Waals surface area contributed by atoms with Crippen molar-refractivity contribution in [2.45, 2.75) is 30.9 Å². The second kappa shape index (κ2) is 11.7. The van der Waals surface area contributed by atoms with Crippen molar-refractivity contribution >= 4 is 47.0 Å². The third kappa shape index (κ3) is 5.76. The van der Waals surface area contributed by atoms with Gasteiger partial charge < -0.3 is 20.5 Å². The number of nitrogens with zero attached hydrogens (tertiary/aromatic N) is 1. The van der Waals surface area contributed by atoms with Crippen LogP contribution in [0, 0.1) is 11.6 Å². The van der Waals surface area contributed by atoms with E-state index in [0.29, 0.717) is 29.8 Å². The summed E-state index contributed by atoms with van der Waals surface area (Å²) in [5.74, 6) is -2.95. The maximum atomic E-state index is 15.6. The van der Waals surface area contributed by atoms with Crippen LogP contribution in [0.4, 0.5) is 29.7 Å². The number of carboxylic acid groups (broad SMARTS) is 1. The number of anilines is 2. The van der Waals surface area contributed by atoms with Gasteiger partial charge in [-0.15, -0.1) is 0 Å². The SMILES string of the molecule is O=C(O)Nc1ccc(C(=O)N[C@@H](Cc2ccc(F)cc2)C(=O)N2C(=O)O[C@]3(CCCNC3)c3c2ccc(Cl)c3F)cc1. The summed E-state index contributed by atoms with van der Waals surface area (Å²) in [6.07, 6.45) is -1.59. The van der Waals surface area contributed by atoms with Crippen molar-refractivity contribution in [3.63, 3.8) is 0 Å².